The minimum atomic E-state index is -3.34. The van der Waals surface area contributed by atoms with Gasteiger partial charge in [0.05, 0.1) is 10.6 Å². The van der Waals surface area contributed by atoms with Gasteiger partial charge in [0.15, 0.2) is 9.84 Å². The van der Waals surface area contributed by atoms with E-state index in [1.165, 1.54) is 35.5 Å². The topological polar surface area (TPSA) is 37.4 Å². The third-order valence-electron chi connectivity index (χ3n) is 4.00. The van der Waals surface area contributed by atoms with Gasteiger partial charge >= 0.3 is 0 Å². The molecule has 0 spiro atoms. The van der Waals surface area contributed by atoms with E-state index in [1.54, 1.807) is 0 Å². The molecule has 2 aromatic carbocycles. The molecule has 5 heteroatoms. The van der Waals surface area contributed by atoms with Crippen molar-refractivity contribution in [2.24, 2.45) is 0 Å². The van der Waals surface area contributed by atoms with Crippen LogP contribution in [-0.2, 0) is 16.3 Å². The molecule has 116 valence electrons. The van der Waals surface area contributed by atoms with Crippen molar-refractivity contribution in [3.8, 4) is 0 Å². The van der Waals surface area contributed by atoms with Crippen LogP contribution in [0.5, 0.6) is 0 Å². The summed E-state index contributed by atoms with van der Waals surface area (Å²) in [6.45, 7) is 1.66. The number of halogens is 1. The first kappa shape index (κ1) is 15.0. The van der Waals surface area contributed by atoms with Gasteiger partial charge in [0.1, 0.15) is 5.82 Å². The van der Waals surface area contributed by atoms with Crippen LogP contribution in [0.2, 0.25) is 0 Å². The Labute approximate surface area is 130 Å². The monoisotopic (exact) mass is 319 g/mol. The Bertz CT molecular complexity index is 756. The van der Waals surface area contributed by atoms with E-state index in [-0.39, 0.29) is 10.6 Å². The molecule has 0 aromatic heterocycles. The molecule has 1 aliphatic heterocycles. The number of hydrogen-bond donors (Lipinski definition) is 0. The van der Waals surface area contributed by atoms with Crippen molar-refractivity contribution in [2.45, 2.75) is 17.7 Å². The highest BCUT2D eigenvalue weighted by atomic mass is 32.2. The lowest BCUT2D eigenvalue weighted by Gasteiger charge is -2.19. The fourth-order valence-corrected chi connectivity index (χ4v) is 4.14. The number of benzene rings is 2. The van der Waals surface area contributed by atoms with Gasteiger partial charge in [-0.2, -0.15) is 0 Å². The molecule has 0 atom stereocenters. The van der Waals surface area contributed by atoms with Gasteiger partial charge in [0, 0.05) is 18.8 Å². The van der Waals surface area contributed by atoms with Gasteiger partial charge < -0.3 is 4.90 Å². The maximum Gasteiger partial charge on any atom is 0.178 e. The van der Waals surface area contributed by atoms with E-state index in [9.17, 15) is 12.8 Å². The van der Waals surface area contributed by atoms with E-state index < -0.39 is 15.7 Å². The van der Waals surface area contributed by atoms with Crippen molar-refractivity contribution in [3.05, 3.63) is 59.9 Å². The Hall–Kier alpha value is -1.88. The van der Waals surface area contributed by atoms with Gasteiger partial charge in [-0.3, -0.25) is 0 Å². The fraction of sp³-hybridized carbons (Fsp3) is 0.294. The minimum absolute atomic E-state index is 0.0807. The molecule has 0 saturated carbocycles. The normalized spacial score (nSPS) is 14.1. The maximum absolute atomic E-state index is 12.9. The van der Waals surface area contributed by atoms with Crippen LogP contribution in [0.1, 0.15) is 12.0 Å². The zero-order chi connectivity index (χ0) is 15.6. The highest BCUT2D eigenvalue weighted by Crippen LogP contribution is 2.27. The van der Waals surface area contributed by atoms with Gasteiger partial charge in [-0.1, -0.05) is 18.2 Å². The van der Waals surface area contributed by atoms with Gasteiger partial charge in [-0.15, -0.1) is 0 Å². The van der Waals surface area contributed by atoms with Crippen molar-refractivity contribution >= 4 is 15.5 Å². The predicted octanol–water partition coefficient (Wildman–Crippen LogP) is 3.05. The molecule has 0 bridgehead atoms. The van der Waals surface area contributed by atoms with Crippen LogP contribution in [0.3, 0.4) is 0 Å². The summed E-state index contributed by atoms with van der Waals surface area (Å²) in [5.74, 6) is -0.343. The molecular weight excluding hydrogens is 301 g/mol. The number of sulfone groups is 1. The highest BCUT2D eigenvalue weighted by Gasteiger charge is 2.19. The van der Waals surface area contributed by atoms with Gasteiger partial charge in [0.2, 0.25) is 0 Å². The molecule has 0 N–H and O–H groups in total. The van der Waals surface area contributed by atoms with Crippen molar-refractivity contribution in [1.82, 2.24) is 0 Å². The molecule has 0 unspecified atom stereocenters. The summed E-state index contributed by atoms with van der Waals surface area (Å²) in [4.78, 5) is 2.42. The Balaban J connectivity index is 1.60. The lowest BCUT2D eigenvalue weighted by atomic mass is 10.2. The number of fused-ring (bicyclic) bond motifs is 1. The SMILES string of the molecule is O=S(=O)(CCCN1CCc2ccccc21)c1ccc(F)cc1. The van der Waals surface area contributed by atoms with Crippen LogP contribution in [0.15, 0.2) is 53.4 Å². The summed E-state index contributed by atoms with van der Waals surface area (Å²) in [6.07, 6.45) is 1.58. The standard InChI is InChI=1S/C17H18FNO2S/c18-15-6-8-16(9-7-15)22(20,21)13-3-11-19-12-10-14-4-1-2-5-17(14)19/h1-2,4-9H,3,10-13H2. The van der Waals surface area contributed by atoms with Gasteiger partial charge in [-0.25, -0.2) is 12.8 Å². The molecule has 1 heterocycles. The van der Waals surface area contributed by atoms with E-state index in [2.05, 4.69) is 17.0 Å². The quantitative estimate of drug-likeness (QED) is 0.795. The largest absolute Gasteiger partial charge is 0.371 e. The molecule has 1 aliphatic rings. The Morgan fingerprint density at radius 1 is 1.05 bits per heavy atom. The smallest absolute Gasteiger partial charge is 0.178 e. The molecular formula is C17H18FNO2S. The number of anilines is 1. The van der Waals surface area contributed by atoms with Crippen LogP contribution in [0.25, 0.3) is 0 Å². The van der Waals surface area contributed by atoms with E-state index in [0.717, 1.165) is 19.5 Å². The molecule has 0 fully saturated rings. The molecule has 2 aromatic rings. The second kappa shape index (κ2) is 6.08. The molecule has 3 rings (SSSR count). The van der Waals surface area contributed by atoms with E-state index in [1.807, 2.05) is 12.1 Å². The Morgan fingerprint density at radius 3 is 2.55 bits per heavy atom. The van der Waals surface area contributed by atoms with Crippen LogP contribution in [-0.4, -0.2) is 27.3 Å². The summed E-state index contributed by atoms with van der Waals surface area (Å²) >= 11 is 0. The summed E-state index contributed by atoms with van der Waals surface area (Å²) in [5, 5.41) is 0. The van der Waals surface area contributed by atoms with Crippen molar-refractivity contribution in [1.29, 1.82) is 0 Å². The van der Waals surface area contributed by atoms with Crippen LogP contribution >= 0.6 is 0 Å². The highest BCUT2D eigenvalue weighted by molar-refractivity contribution is 7.91. The van der Waals surface area contributed by atoms with Crippen molar-refractivity contribution < 1.29 is 12.8 Å². The zero-order valence-electron chi connectivity index (χ0n) is 12.2. The number of rotatable bonds is 5. The first-order chi connectivity index (χ1) is 10.6. The third-order valence-corrected chi connectivity index (χ3v) is 5.81. The van der Waals surface area contributed by atoms with Crippen LogP contribution in [0.4, 0.5) is 10.1 Å². The Kier molecular flexibility index (Phi) is 4.16. The van der Waals surface area contributed by atoms with Gasteiger partial charge in [0.25, 0.3) is 0 Å². The molecule has 22 heavy (non-hydrogen) atoms. The molecule has 0 aliphatic carbocycles. The second-order valence-electron chi connectivity index (χ2n) is 5.49. The molecule has 0 amide bonds. The van der Waals surface area contributed by atoms with E-state index in [4.69, 9.17) is 0 Å². The van der Waals surface area contributed by atoms with Crippen molar-refractivity contribution in [2.75, 3.05) is 23.7 Å². The Morgan fingerprint density at radius 2 is 1.77 bits per heavy atom. The average Bonchev–Trinajstić information content (AvgIpc) is 2.91. The van der Waals surface area contributed by atoms with E-state index >= 15 is 0 Å². The summed E-state index contributed by atoms with van der Waals surface area (Å²) in [5.41, 5.74) is 2.53. The predicted molar refractivity (Wildman–Crippen MR) is 85.4 cm³/mol. The molecule has 0 saturated heterocycles. The lowest BCUT2D eigenvalue weighted by Crippen LogP contribution is -2.23. The fourth-order valence-electron chi connectivity index (χ4n) is 2.84. The minimum Gasteiger partial charge on any atom is -0.371 e. The average molecular weight is 319 g/mol. The third kappa shape index (κ3) is 3.14. The summed E-state index contributed by atoms with van der Waals surface area (Å²) < 4.78 is 37.3. The van der Waals surface area contributed by atoms with E-state index in [0.29, 0.717) is 6.42 Å². The summed E-state index contributed by atoms with van der Waals surface area (Å²) in [7, 11) is -3.34. The molecule has 3 nitrogen and oxygen atoms in total. The number of para-hydroxylation sites is 1. The lowest BCUT2D eigenvalue weighted by molar-refractivity contribution is 0.591. The first-order valence-corrected chi connectivity index (χ1v) is 9.03. The number of hydrogen-bond acceptors (Lipinski definition) is 3. The number of nitrogens with zero attached hydrogens (tertiary/aromatic N) is 1. The molecule has 0 radical (unpaired) electrons. The van der Waals surface area contributed by atoms with Crippen LogP contribution in [0, 0.1) is 5.82 Å². The summed E-state index contributed by atoms with van der Waals surface area (Å²) in [6, 6.07) is 13.3. The van der Waals surface area contributed by atoms with Crippen LogP contribution < -0.4 is 4.90 Å². The second-order valence-corrected chi connectivity index (χ2v) is 7.60. The first-order valence-electron chi connectivity index (χ1n) is 7.37. The zero-order valence-corrected chi connectivity index (χ0v) is 13.0. The van der Waals surface area contributed by atoms with Gasteiger partial charge in [-0.05, 0) is 48.7 Å². The van der Waals surface area contributed by atoms with Crippen molar-refractivity contribution in [3.63, 3.8) is 0 Å². The maximum atomic E-state index is 12.9.